The summed E-state index contributed by atoms with van der Waals surface area (Å²) in [5.74, 6) is 0. The summed E-state index contributed by atoms with van der Waals surface area (Å²) in [5, 5.41) is 0. The van der Waals surface area contributed by atoms with Gasteiger partial charge in [-0.3, -0.25) is 0 Å². The van der Waals surface area contributed by atoms with Crippen molar-refractivity contribution in [3.63, 3.8) is 0 Å². The summed E-state index contributed by atoms with van der Waals surface area (Å²) in [6.07, 6.45) is 4.97. The molecule has 0 aliphatic rings. The Morgan fingerprint density at radius 1 is 1.22 bits per heavy atom. The Morgan fingerprint density at radius 3 is 2.11 bits per heavy atom. The summed E-state index contributed by atoms with van der Waals surface area (Å²) in [7, 11) is 0. The number of halogens is 3. The zero-order chi connectivity index (χ0) is 7.28. The normalized spacial score (nSPS) is 11.3. The van der Waals surface area contributed by atoms with Gasteiger partial charge in [0.1, 0.15) is 0 Å². The largest absolute Gasteiger partial charge is 0.0608 e. The van der Waals surface area contributed by atoms with Crippen LogP contribution in [0.1, 0.15) is 13.3 Å². The average Bonchev–Trinajstić information content (AvgIpc) is 1.83. The molecule has 0 aliphatic heterocycles. The first kappa shape index (κ1) is 9.92. The van der Waals surface area contributed by atoms with Crippen molar-refractivity contribution in [1.29, 1.82) is 0 Å². The van der Waals surface area contributed by atoms with Gasteiger partial charge >= 0.3 is 0 Å². The Balaban J connectivity index is 3.83. The van der Waals surface area contributed by atoms with Gasteiger partial charge in [0.05, 0.1) is 3.39 Å². The minimum absolute atomic E-state index is 0.959. The Kier molecular flexibility index (Phi) is 6.27. The Bertz CT molecular complexity index is 131. The molecule has 52 valence electrons. The highest BCUT2D eigenvalue weighted by molar-refractivity contribution is 9.28. The average molecular weight is 319 g/mol. The molecule has 0 fully saturated rings. The van der Waals surface area contributed by atoms with E-state index in [2.05, 4.69) is 54.7 Å². The molecule has 0 amide bonds. The van der Waals surface area contributed by atoms with Gasteiger partial charge in [0.15, 0.2) is 0 Å². The molecule has 0 bridgehead atoms. The lowest BCUT2D eigenvalue weighted by Crippen LogP contribution is -1.61. The van der Waals surface area contributed by atoms with Crippen LogP contribution in [0.15, 0.2) is 20.0 Å². The summed E-state index contributed by atoms with van der Waals surface area (Å²) in [5.41, 5.74) is 0. The van der Waals surface area contributed by atoms with Crippen LogP contribution in [0.25, 0.3) is 0 Å². The van der Waals surface area contributed by atoms with E-state index in [0.29, 0.717) is 0 Å². The SMILES string of the molecule is CC/C(Br)=C\C=C(Br)Br. The molecule has 0 spiro atoms. The molecule has 0 rings (SSSR count). The summed E-state index contributed by atoms with van der Waals surface area (Å²) >= 11 is 9.87. The molecule has 3 heteroatoms. The maximum atomic E-state index is 3.38. The van der Waals surface area contributed by atoms with Crippen LogP contribution in [0.4, 0.5) is 0 Å². The van der Waals surface area contributed by atoms with Crippen molar-refractivity contribution < 1.29 is 0 Å². The second-order valence-electron chi connectivity index (χ2n) is 1.42. The molecule has 9 heavy (non-hydrogen) atoms. The number of rotatable bonds is 2. The van der Waals surface area contributed by atoms with Crippen molar-refractivity contribution >= 4 is 47.8 Å². The van der Waals surface area contributed by atoms with Crippen LogP contribution in [-0.2, 0) is 0 Å². The molecule has 0 atom stereocenters. The van der Waals surface area contributed by atoms with Crippen molar-refractivity contribution in [2.45, 2.75) is 13.3 Å². The van der Waals surface area contributed by atoms with Gasteiger partial charge in [0, 0.05) is 0 Å². The number of hydrogen-bond donors (Lipinski definition) is 0. The van der Waals surface area contributed by atoms with E-state index in [9.17, 15) is 0 Å². The van der Waals surface area contributed by atoms with Crippen LogP contribution >= 0.6 is 47.8 Å². The van der Waals surface area contributed by atoms with Crippen LogP contribution < -0.4 is 0 Å². The third-order valence-electron chi connectivity index (χ3n) is 0.728. The molecular formula is C6H7Br3. The zero-order valence-corrected chi connectivity index (χ0v) is 9.75. The maximum absolute atomic E-state index is 3.38. The summed E-state index contributed by atoms with van der Waals surface area (Å²) < 4.78 is 2.15. The van der Waals surface area contributed by atoms with Crippen LogP contribution in [0, 0.1) is 0 Å². The van der Waals surface area contributed by atoms with Crippen LogP contribution in [0.3, 0.4) is 0 Å². The predicted molar refractivity (Wildman–Crippen MR) is 53.2 cm³/mol. The standard InChI is InChI=1S/C6H7Br3/c1-2-5(7)3-4-6(8)9/h3-4H,2H2,1H3/b5-3+. The monoisotopic (exact) mass is 316 g/mol. The molecule has 0 N–H and O–H groups in total. The minimum Gasteiger partial charge on any atom is -0.0608 e. The van der Waals surface area contributed by atoms with E-state index in [1.807, 2.05) is 12.2 Å². The fourth-order valence-corrected chi connectivity index (χ4v) is 0.668. The first-order valence-electron chi connectivity index (χ1n) is 2.54. The predicted octanol–water partition coefficient (Wildman–Crippen LogP) is 4.31. The fraction of sp³-hybridized carbons (Fsp3) is 0.333. The second kappa shape index (κ2) is 5.69. The molecule has 0 nitrogen and oxygen atoms in total. The van der Waals surface area contributed by atoms with Gasteiger partial charge in [-0.05, 0) is 48.8 Å². The van der Waals surface area contributed by atoms with Crippen molar-refractivity contribution in [3.8, 4) is 0 Å². The lowest BCUT2D eigenvalue weighted by molar-refractivity contribution is 1.21. The van der Waals surface area contributed by atoms with Gasteiger partial charge in [0.25, 0.3) is 0 Å². The lowest BCUT2D eigenvalue weighted by atomic mass is 10.4. The van der Waals surface area contributed by atoms with E-state index in [-0.39, 0.29) is 0 Å². The van der Waals surface area contributed by atoms with Gasteiger partial charge in [-0.2, -0.15) is 0 Å². The Morgan fingerprint density at radius 2 is 1.78 bits per heavy atom. The molecular weight excluding hydrogens is 312 g/mol. The first-order chi connectivity index (χ1) is 4.16. The van der Waals surface area contributed by atoms with Crippen molar-refractivity contribution in [2.24, 2.45) is 0 Å². The second-order valence-corrected chi connectivity index (χ2v) is 5.21. The topological polar surface area (TPSA) is 0 Å². The third kappa shape index (κ3) is 6.81. The molecule has 0 unspecified atom stereocenters. The molecule has 0 heterocycles. The smallest absolute Gasteiger partial charge is 0.0604 e. The number of hydrogen-bond acceptors (Lipinski definition) is 0. The molecule has 0 aromatic rings. The molecule has 0 radical (unpaired) electrons. The third-order valence-corrected chi connectivity index (χ3v) is 2.08. The van der Waals surface area contributed by atoms with E-state index in [1.165, 1.54) is 4.48 Å². The van der Waals surface area contributed by atoms with E-state index in [0.717, 1.165) is 9.81 Å². The molecule has 0 aromatic heterocycles. The summed E-state index contributed by atoms with van der Waals surface area (Å²) in [6.45, 7) is 2.09. The van der Waals surface area contributed by atoms with E-state index in [4.69, 9.17) is 0 Å². The van der Waals surface area contributed by atoms with Crippen LogP contribution in [0.2, 0.25) is 0 Å². The van der Waals surface area contributed by atoms with E-state index >= 15 is 0 Å². The van der Waals surface area contributed by atoms with Crippen molar-refractivity contribution in [2.75, 3.05) is 0 Å². The Labute approximate surface area is 80.8 Å². The van der Waals surface area contributed by atoms with E-state index in [1.54, 1.807) is 0 Å². The van der Waals surface area contributed by atoms with Gasteiger partial charge < -0.3 is 0 Å². The molecule has 0 saturated heterocycles. The zero-order valence-electron chi connectivity index (χ0n) is 5.00. The van der Waals surface area contributed by atoms with Gasteiger partial charge in [-0.25, -0.2) is 0 Å². The highest BCUT2D eigenvalue weighted by Gasteiger charge is 1.82. The van der Waals surface area contributed by atoms with Crippen LogP contribution in [0.5, 0.6) is 0 Å². The quantitative estimate of drug-likeness (QED) is 0.666. The van der Waals surface area contributed by atoms with Crippen LogP contribution in [-0.4, -0.2) is 0 Å². The highest BCUT2D eigenvalue weighted by Crippen LogP contribution is 2.15. The number of allylic oxidation sites excluding steroid dienone is 3. The fourth-order valence-electron chi connectivity index (χ4n) is 0.271. The Hall–Kier alpha value is 0.920. The highest BCUT2D eigenvalue weighted by atomic mass is 79.9. The molecule has 0 saturated carbocycles. The summed E-state index contributed by atoms with van der Waals surface area (Å²) in [4.78, 5) is 0. The van der Waals surface area contributed by atoms with Gasteiger partial charge in [0.2, 0.25) is 0 Å². The minimum atomic E-state index is 0.959. The maximum Gasteiger partial charge on any atom is 0.0604 e. The molecule has 0 aliphatic carbocycles. The van der Waals surface area contributed by atoms with Crippen molar-refractivity contribution in [1.82, 2.24) is 0 Å². The lowest BCUT2D eigenvalue weighted by Gasteiger charge is -1.86. The molecule has 0 aromatic carbocycles. The van der Waals surface area contributed by atoms with Gasteiger partial charge in [-0.1, -0.05) is 28.9 Å². The van der Waals surface area contributed by atoms with Crippen molar-refractivity contribution in [3.05, 3.63) is 20.0 Å². The summed E-state index contributed by atoms with van der Waals surface area (Å²) in [6, 6.07) is 0. The van der Waals surface area contributed by atoms with E-state index < -0.39 is 0 Å². The first-order valence-corrected chi connectivity index (χ1v) is 4.92. The van der Waals surface area contributed by atoms with Gasteiger partial charge in [-0.15, -0.1) is 0 Å².